The fourth-order valence-corrected chi connectivity index (χ4v) is 3.27. The van der Waals surface area contributed by atoms with Gasteiger partial charge in [-0.05, 0) is 65.6 Å². The summed E-state index contributed by atoms with van der Waals surface area (Å²) >= 11 is 3.54. The zero-order chi connectivity index (χ0) is 13.9. The van der Waals surface area contributed by atoms with Gasteiger partial charge in [0, 0.05) is 10.2 Å². The van der Waals surface area contributed by atoms with Gasteiger partial charge in [-0.15, -0.1) is 0 Å². The summed E-state index contributed by atoms with van der Waals surface area (Å²) < 4.78 is 1.02. The summed E-state index contributed by atoms with van der Waals surface area (Å²) in [6, 6.07) is 10.5. The predicted octanol–water partition coefficient (Wildman–Crippen LogP) is 4.97. The van der Waals surface area contributed by atoms with Crippen molar-refractivity contribution in [3.63, 3.8) is 0 Å². The second-order valence-corrected chi connectivity index (χ2v) is 6.73. The third-order valence-corrected chi connectivity index (χ3v) is 4.98. The molecule has 0 saturated heterocycles. The van der Waals surface area contributed by atoms with Gasteiger partial charge in [0.15, 0.2) is 0 Å². The number of benzene rings is 1. The molecule has 19 heavy (non-hydrogen) atoms. The zero-order valence-electron chi connectivity index (χ0n) is 11.6. The smallest absolute Gasteiger partial charge is 0.125 e. The summed E-state index contributed by atoms with van der Waals surface area (Å²) in [5, 5.41) is 13.1. The molecule has 3 heteroatoms. The van der Waals surface area contributed by atoms with E-state index in [1.54, 1.807) is 0 Å². The SMILES string of the molecule is CC(C)C1CCC(C#N)(Nc2ccccc2Br)CC1. The number of hydrogen-bond acceptors (Lipinski definition) is 2. The van der Waals surface area contributed by atoms with Crippen molar-refractivity contribution in [3.05, 3.63) is 28.7 Å². The number of hydrogen-bond donors (Lipinski definition) is 1. The standard InChI is InChI=1S/C16H21BrN2/c1-12(2)13-7-9-16(11-18,10-8-13)19-15-6-4-3-5-14(15)17/h3-6,12-13,19H,7-10H2,1-2H3. The van der Waals surface area contributed by atoms with Crippen molar-refractivity contribution in [1.29, 1.82) is 5.26 Å². The first-order valence-electron chi connectivity index (χ1n) is 7.00. The molecule has 0 spiro atoms. The monoisotopic (exact) mass is 320 g/mol. The minimum Gasteiger partial charge on any atom is -0.366 e. The highest BCUT2D eigenvalue weighted by Gasteiger charge is 2.36. The van der Waals surface area contributed by atoms with Crippen molar-refractivity contribution in [2.75, 3.05) is 5.32 Å². The molecule has 1 N–H and O–H groups in total. The molecule has 0 aliphatic heterocycles. The van der Waals surface area contributed by atoms with Crippen LogP contribution in [0.4, 0.5) is 5.69 Å². The Balaban J connectivity index is 2.10. The van der Waals surface area contributed by atoms with Gasteiger partial charge in [0.05, 0.1) is 6.07 Å². The van der Waals surface area contributed by atoms with Crippen molar-refractivity contribution in [1.82, 2.24) is 0 Å². The maximum Gasteiger partial charge on any atom is 0.125 e. The molecule has 1 saturated carbocycles. The lowest BCUT2D eigenvalue weighted by atomic mass is 9.73. The number of halogens is 1. The molecule has 1 fully saturated rings. The molecule has 1 aromatic rings. The molecule has 102 valence electrons. The number of nitrogens with one attached hydrogen (secondary N) is 1. The van der Waals surface area contributed by atoms with Crippen LogP contribution in [-0.4, -0.2) is 5.54 Å². The van der Waals surface area contributed by atoms with E-state index >= 15 is 0 Å². The van der Waals surface area contributed by atoms with E-state index < -0.39 is 5.54 Å². The quantitative estimate of drug-likeness (QED) is 0.853. The van der Waals surface area contributed by atoms with Crippen LogP contribution in [0.2, 0.25) is 0 Å². The number of para-hydroxylation sites is 1. The van der Waals surface area contributed by atoms with Crippen LogP contribution >= 0.6 is 15.9 Å². The molecule has 1 aliphatic carbocycles. The number of nitrogens with zero attached hydrogens (tertiary/aromatic N) is 1. The van der Waals surface area contributed by atoms with E-state index in [1.165, 1.54) is 0 Å². The Kier molecular flexibility index (Phi) is 4.52. The second kappa shape index (κ2) is 5.96. The minimum absolute atomic E-state index is 0.394. The van der Waals surface area contributed by atoms with Crippen LogP contribution in [-0.2, 0) is 0 Å². The highest BCUT2D eigenvalue weighted by Crippen LogP contribution is 2.38. The van der Waals surface area contributed by atoms with E-state index in [-0.39, 0.29) is 0 Å². The molecule has 0 bridgehead atoms. The summed E-state index contributed by atoms with van der Waals surface area (Å²) in [5.74, 6) is 1.49. The maximum atomic E-state index is 9.59. The van der Waals surface area contributed by atoms with Gasteiger partial charge in [0.2, 0.25) is 0 Å². The average molecular weight is 321 g/mol. The molecule has 0 heterocycles. The Morgan fingerprint density at radius 1 is 1.32 bits per heavy atom. The van der Waals surface area contributed by atoms with Crippen molar-refractivity contribution in [3.8, 4) is 6.07 Å². The van der Waals surface area contributed by atoms with Crippen LogP contribution in [0.15, 0.2) is 28.7 Å². The molecular formula is C16H21BrN2. The molecule has 2 rings (SSSR count). The fourth-order valence-electron chi connectivity index (χ4n) is 2.88. The van der Waals surface area contributed by atoms with E-state index in [4.69, 9.17) is 0 Å². The van der Waals surface area contributed by atoms with Gasteiger partial charge >= 0.3 is 0 Å². The zero-order valence-corrected chi connectivity index (χ0v) is 13.2. The molecule has 0 unspecified atom stereocenters. The molecule has 0 atom stereocenters. The number of nitriles is 1. The molecular weight excluding hydrogens is 300 g/mol. The molecule has 0 amide bonds. The summed E-state index contributed by atoms with van der Waals surface area (Å²) in [6.07, 6.45) is 4.16. The minimum atomic E-state index is -0.394. The number of rotatable bonds is 3. The Bertz CT molecular complexity index is 468. The highest BCUT2D eigenvalue weighted by molar-refractivity contribution is 9.10. The molecule has 0 radical (unpaired) electrons. The van der Waals surface area contributed by atoms with E-state index in [0.29, 0.717) is 0 Å². The largest absolute Gasteiger partial charge is 0.366 e. The first-order valence-corrected chi connectivity index (χ1v) is 7.79. The Morgan fingerprint density at radius 3 is 2.47 bits per heavy atom. The molecule has 1 aliphatic rings. The third kappa shape index (κ3) is 3.30. The Labute approximate surface area is 124 Å². The van der Waals surface area contributed by atoms with Crippen LogP contribution in [0, 0.1) is 23.2 Å². The van der Waals surface area contributed by atoms with Crippen LogP contribution in [0.1, 0.15) is 39.5 Å². The Morgan fingerprint density at radius 2 is 1.95 bits per heavy atom. The summed E-state index contributed by atoms with van der Waals surface area (Å²) in [6.45, 7) is 4.57. The normalized spacial score (nSPS) is 27.0. The van der Waals surface area contributed by atoms with Crippen LogP contribution < -0.4 is 5.32 Å². The van der Waals surface area contributed by atoms with Crippen molar-refractivity contribution >= 4 is 21.6 Å². The molecule has 2 nitrogen and oxygen atoms in total. The van der Waals surface area contributed by atoms with Crippen molar-refractivity contribution in [2.45, 2.75) is 45.1 Å². The first-order chi connectivity index (χ1) is 9.06. The highest BCUT2D eigenvalue weighted by atomic mass is 79.9. The molecule has 1 aromatic carbocycles. The van der Waals surface area contributed by atoms with Gasteiger partial charge in [-0.2, -0.15) is 5.26 Å². The van der Waals surface area contributed by atoms with E-state index in [0.717, 1.165) is 47.7 Å². The third-order valence-electron chi connectivity index (χ3n) is 4.29. The van der Waals surface area contributed by atoms with Crippen LogP contribution in [0.3, 0.4) is 0 Å². The second-order valence-electron chi connectivity index (χ2n) is 5.88. The number of anilines is 1. The summed E-state index contributed by atoms with van der Waals surface area (Å²) in [4.78, 5) is 0. The van der Waals surface area contributed by atoms with Gasteiger partial charge < -0.3 is 5.32 Å². The Hall–Kier alpha value is -1.01. The summed E-state index contributed by atoms with van der Waals surface area (Å²) in [5.41, 5.74) is 0.627. The van der Waals surface area contributed by atoms with Crippen molar-refractivity contribution in [2.24, 2.45) is 11.8 Å². The molecule has 0 aromatic heterocycles. The van der Waals surface area contributed by atoms with Gasteiger partial charge in [0.25, 0.3) is 0 Å². The summed E-state index contributed by atoms with van der Waals surface area (Å²) in [7, 11) is 0. The lowest BCUT2D eigenvalue weighted by Crippen LogP contribution is -2.41. The van der Waals surface area contributed by atoms with Crippen LogP contribution in [0.25, 0.3) is 0 Å². The fraction of sp³-hybridized carbons (Fsp3) is 0.562. The van der Waals surface area contributed by atoms with Crippen molar-refractivity contribution < 1.29 is 0 Å². The predicted molar refractivity (Wildman–Crippen MR) is 82.9 cm³/mol. The maximum absolute atomic E-state index is 9.59. The van der Waals surface area contributed by atoms with E-state index in [1.807, 2.05) is 24.3 Å². The first kappa shape index (κ1) is 14.4. The van der Waals surface area contributed by atoms with Gasteiger partial charge in [-0.25, -0.2) is 0 Å². The van der Waals surface area contributed by atoms with Gasteiger partial charge in [-0.1, -0.05) is 26.0 Å². The van der Waals surface area contributed by atoms with Gasteiger partial charge in [0.1, 0.15) is 5.54 Å². The average Bonchev–Trinajstić information content (AvgIpc) is 2.42. The topological polar surface area (TPSA) is 35.8 Å². The van der Waals surface area contributed by atoms with Gasteiger partial charge in [-0.3, -0.25) is 0 Å². The van der Waals surface area contributed by atoms with Crippen LogP contribution in [0.5, 0.6) is 0 Å². The van der Waals surface area contributed by atoms with E-state index in [9.17, 15) is 5.26 Å². The lowest BCUT2D eigenvalue weighted by molar-refractivity contribution is 0.239. The lowest BCUT2D eigenvalue weighted by Gasteiger charge is -2.38. The van der Waals surface area contributed by atoms with E-state index in [2.05, 4.69) is 41.2 Å².